The standard InChI is InChI=1S/C64H58N4O/c1-36-14-12-18-46-32-47(23-25-49(36)46)63-65-62(42-16-8-7-9-17-42)66-64(67-63)50-26-22-43(30-38(50)3)48-31-39(4)59-54(34-48)58-37(2)15-13-20-52(58)60-41(6)40(5)55-35-45(28-29-68(55)61(59)60)44-24-27-57-53(33-44)51-19-10-11-21-56(51)69-57/h7-13,16-39,41,50,59,64H,14-15H2,1-6H3,(H,65,66,67). The fraction of sp³-hybridized carbons (Fsp3) is 0.250. The molecule has 0 saturated heterocycles. The predicted octanol–water partition coefficient (Wildman–Crippen LogP) is 15.1. The number of hydrogen-bond acceptors (Lipinski definition) is 5. The van der Waals surface area contributed by atoms with Gasteiger partial charge in [-0.1, -0.05) is 156 Å². The van der Waals surface area contributed by atoms with E-state index in [1.165, 1.54) is 72.7 Å². The highest BCUT2D eigenvalue weighted by molar-refractivity contribution is 6.16. The molecule has 8 unspecified atom stereocenters. The maximum atomic E-state index is 6.21. The molecule has 4 aromatic carbocycles. The maximum Gasteiger partial charge on any atom is 0.151 e. The second kappa shape index (κ2) is 16.2. The van der Waals surface area contributed by atoms with Crippen LogP contribution >= 0.6 is 0 Å². The summed E-state index contributed by atoms with van der Waals surface area (Å²) in [6.45, 7) is 14.3. The van der Waals surface area contributed by atoms with Crippen LogP contribution in [0.1, 0.15) is 88.1 Å². The normalized spacial score (nSPS) is 27.9. The van der Waals surface area contributed by atoms with Crippen molar-refractivity contribution in [2.75, 3.05) is 0 Å². The molecule has 8 aliphatic rings. The van der Waals surface area contributed by atoms with Gasteiger partial charge in [0.25, 0.3) is 0 Å². The molecule has 69 heavy (non-hydrogen) atoms. The van der Waals surface area contributed by atoms with Crippen molar-refractivity contribution in [3.8, 4) is 0 Å². The van der Waals surface area contributed by atoms with E-state index in [0.29, 0.717) is 11.8 Å². The fourth-order valence-electron chi connectivity index (χ4n) is 12.7. The Labute approximate surface area is 406 Å². The van der Waals surface area contributed by atoms with Gasteiger partial charge in [0.15, 0.2) is 6.17 Å². The molecule has 5 nitrogen and oxygen atoms in total. The highest BCUT2D eigenvalue weighted by atomic mass is 16.3. The Morgan fingerprint density at radius 2 is 1.39 bits per heavy atom. The van der Waals surface area contributed by atoms with E-state index in [0.717, 1.165) is 57.6 Å². The van der Waals surface area contributed by atoms with Crippen molar-refractivity contribution in [2.45, 2.75) is 66.5 Å². The lowest BCUT2D eigenvalue weighted by Gasteiger charge is -2.49. The van der Waals surface area contributed by atoms with Crippen LogP contribution in [0.15, 0.2) is 223 Å². The van der Waals surface area contributed by atoms with Crippen LogP contribution in [-0.2, 0) is 0 Å². The van der Waals surface area contributed by atoms with E-state index in [2.05, 4.69) is 210 Å². The Bertz CT molecular complexity index is 3470. The van der Waals surface area contributed by atoms with Gasteiger partial charge < -0.3 is 14.6 Å². The largest absolute Gasteiger partial charge is 0.456 e. The number of amidine groups is 2. The minimum atomic E-state index is -0.265. The minimum Gasteiger partial charge on any atom is -0.456 e. The van der Waals surface area contributed by atoms with Gasteiger partial charge in [-0.3, -0.25) is 0 Å². The molecule has 0 radical (unpaired) electrons. The Morgan fingerprint density at radius 3 is 2.25 bits per heavy atom. The van der Waals surface area contributed by atoms with Crippen molar-refractivity contribution in [3.63, 3.8) is 0 Å². The summed E-state index contributed by atoms with van der Waals surface area (Å²) < 4.78 is 6.21. The molecule has 0 fully saturated rings. The number of allylic oxidation sites excluding steroid dienone is 17. The second-order valence-corrected chi connectivity index (χ2v) is 20.8. The Hall–Kier alpha value is -7.24. The highest BCUT2D eigenvalue weighted by Crippen LogP contribution is 2.57. The smallest absolute Gasteiger partial charge is 0.151 e. The SMILES string of the molecule is CC1=C2C=C(c3ccc4oc5ccccc5c4c3)C=CN2C2=C(C3=C(C4=CC(C5=CC(C)C(C6N=C(c7ccccc7)NC(c7ccc8c(c7)C=CCC8C)=N6)C=C5)=CC(C)C42)C(C)CC=C3)C1C. The summed E-state index contributed by atoms with van der Waals surface area (Å²) in [5.41, 5.74) is 21.9. The van der Waals surface area contributed by atoms with Crippen molar-refractivity contribution in [1.29, 1.82) is 0 Å². The average Bonchev–Trinajstić information content (AvgIpc) is 3.75. The van der Waals surface area contributed by atoms with Gasteiger partial charge in [0.2, 0.25) is 0 Å². The molecule has 1 aromatic heterocycles. The molecule has 3 aliphatic heterocycles. The molecule has 5 aromatic rings. The predicted molar refractivity (Wildman–Crippen MR) is 285 cm³/mol. The van der Waals surface area contributed by atoms with Gasteiger partial charge in [0.05, 0.1) is 0 Å². The zero-order chi connectivity index (χ0) is 46.7. The lowest BCUT2D eigenvalue weighted by atomic mass is 9.62. The van der Waals surface area contributed by atoms with Crippen molar-refractivity contribution in [3.05, 3.63) is 236 Å². The summed E-state index contributed by atoms with van der Waals surface area (Å²) >= 11 is 0. The van der Waals surface area contributed by atoms with E-state index in [9.17, 15) is 0 Å². The molecular formula is C64H58N4O. The van der Waals surface area contributed by atoms with Crippen LogP contribution < -0.4 is 5.32 Å². The van der Waals surface area contributed by atoms with Gasteiger partial charge in [0, 0.05) is 57.2 Å². The number of furan rings is 1. The van der Waals surface area contributed by atoms with Crippen molar-refractivity contribution in [1.82, 2.24) is 10.2 Å². The van der Waals surface area contributed by atoms with E-state index >= 15 is 0 Å². The average molecular weight is 899 g/mol. The zero-order valence-electron chi connectivity index (χ0n) is 40.4. The number of para-hydroxylation sites is 1. The Balaban J connectivity index is 0.832. The summed E-state index contributed by atoms with van der Waals surface area (Å²) in [7, 11) is 0. The van der Waals surface area contributed by atoms with Crippen LogP contribution in [0, 0.1) is 35.5 Å². The van der Waals surface area contributed by atoms with Gasteiger partial charge in [-0.25, -0.2) is 9.98 Å². The van der Waals surface area contributed by atoms with Gasteiger partial charge in [0.1, 0.15) is 22.8 Å². The highest BCUT2D eigenvalue weighted by Gasteiger charge is 2.45. The number of fused-ring (bicyclic) bond motifs is 10. The van der Waals surface area contributed by atoms with E-state index in [1.54, 1.807) is 0 Å². The lowest BCUT2D eigenvalue weighted by molar-refractivity contribution is 0.393. The molecule has 5 heteroatoms. The van der Waals surface area contributed by atoms with Crippen LogP contribution in [0.4, 0.5) is 0 Å². The zero-order valence-corrected chi connectivity index (χ0v) is 40.4. The Kier molecular flexibility index (Phi) is 9.83. The molecule has 0 saturated carbocycles. The summed E-state index contributed by atoms with van der Waals surface area (Å²) in [5.74, 6) is 3.84. The van der Waals surface area contributed by atoms with E-state index in [1.807, 2.05) is 6.07 Å². The molecule has 4 heterocycles. The minimum absolute atomic E-state index is 0.103. The molecule has 13 rings (SSSR count). The topological polar surface area (TPSA) is 53.1 Å². The van der Waals surface area contributed by atoms with Crippen molar-refractivity contribution < 1.29 is 4.42 Å². The molecule has 0 amide bonds. The van der Waals surface area contributed by atoms with E-state index < -0.39 is 0 Å². The summed E-state index contributed by atoms with van der Waals surface area (Å²) in [6.07, 6.45) is 30.8. The van der Waals surface area contributed by atoms with Crippen LogP contribution in [-0.4, -0.2) is 22.7 Å². The third-order valence-corrected chi connectivity index (χ3v) is 16.5. The van der Waals surface area contributed by atoms with Crippen molar-refractivity contribution in [2.24, 2.45) is 45.5 Å². The van der Waals surface area contributed by atoms with Crippen molar-refractivity contribution >= 4 is 45.3 Å². The first-order valence-corrected chi connectivity index (χ1v) is 25.3. The molecule has 0 bridgehead atoms. The number of hydrogen-bond donors (Lipinski definition) is 1. The quantitative estimate of drug-likeness (QED) is 0.191. The number of nitrogens with zero attached hydrogens (tertiary/aromatic N) is 3. The van der Waals surface area contributed by atoms with Gasteiger partial charge in [-0.15, -0.1) is 0 Å². The van der Waals surface area contributed by atoms with Gasteiger partial charge >= 0.3 is 0 Å². The van der Waals surface area contributed by atoms with Crippen LogP contribution in [0.25, 0.3) is 33.6 Å². The molecule has 340 valence electrons. The second-order valence-electron chi connectivity index (χ2n) is 20.8. The number of rotatable bonds is 5. The number of nitrogens with one attached hydrogen (secondary N) is 1. The van der Waals surface area contributed by atoms with Crippen LogP contribution in [0.2, 0.25) is 0 Å². The summed E-state index contributed by atoms with van der Waals surface area (Å²) in [4.78, 5) is 13.3. The fourth-order valence-corrected chi connectivity index (χ4v) is 12.7. The molecule has 8 atom stereocenters. The Morgan fingerprint density at radius 1 is 0.638 bits per heavy atom. The molecular weight excluding hydrogens is 841 g/mol. The lowest BCUT2D eigenvalue weighted by Crippen LogP contribution is -2.40. The first kappa shape index (κ1) is 41.9. The van der Waals surface area contributed by atoms with Crippen LogP contribution in [0.3, 0.4) is 0 Å². The summed E-state index contributed by atoms with van der Waals surface area (Å²) in [5, 5.41) is 5.98. The van der Waals surface area contributed by atoms with E-state index in [4.69, 9.17) is 14.4 Å². The summed E-state index contributed by atoms with van der Waals surface area (Å²) in [6, 6.07) is 32.3. The van der Waals surface area contributed by atoms with Gasteiger partial charge in [-0.2, -0.15) is 0 Å². The third-order valence-electron chi connectivity index (χ3n) is 16.5. The maximum absolute atomic E-state index is 6.21. The molecule has 0 spiro atoms. The van der Waals surface area contributed by atoms with Gasteiger partial charge in [-0.05, 0) is 141 Å². The first-order chi connectivity index (χ1) is 33.7. The number of aliphatic imine (C=N–C) groups is 2. The third kappa shape index (κ3) is 6.79. The van der Waals surface area contributed by atoms with E-state index in [-0.39, 0.29) is 35.8 Å². The monoisotopic (exact) mass is 898 g/mol. The molecule has 1 N–H and O–H groups in total. The number of benzene rings is 4. The molecule has 5 aliphatic carbocycles. The van der Waals surface area contributed by atoms with Crippen LogP contribution in [0.5, 0.6) is 0 Å². The first-order valence-electron chi connectivity index (χ1n) is 25.3.